The van der Waals surface area contributed by atoms with E-state index >= 15 is 0 Å². The molecule has 0 amide bonds. The zero-order valence-electron chi connectivity index (χ0n) is 11.4. The molecule has 2 aliphatic rings. The van der Waals surface area contributed by atoms with Gasteiger partial charge in [0, 0.05) is 37.7 Å². The fourth-order valence-corrected chi connectivity index (χ4v) is 4.54. The fourth-order valence-electron chi connectivity index (χ4n) is 1.93. The average molecular weight is 353 g/mol. The molecule has 2 rings (SSSR count). The van der Waals surface area contributed by atoms with Crippen LogP contribution in [0.2, 0.25) is 0 Å². The van der Waals surface area contributed by atoms with Crippen molar-refractivity contribution in [1.82, 2.24) is 9.80 Å². The highest BCUT2D eigenvalue weighted by Crippen LogP contribution is 2.16. The first-order chi connectivity index (χ1) is 9.77. The van der Waals surface area contributed by atoms with Gasteiger partial charge in [-0.25, -0.2) is 0 Å². The van der Waals surface area contributed by atoms with Crippen molar-refractivity contribution in [2.45, 2.75) is 0 Å². The van der Waals surface area contributed by atoms with E-state index in [0.29, 0.717) is 0 Å². The summed E-state index contributed by atoms with van der Waals surface area (Å²) in [6.07, 6.45) is 0. The maximum absolute atomic E-state index is 5.44. The van der Waals surface area contributed by atoms with E-state index in [9.17, 15) is 0 Å². The summed E-state index contributed by atoms with van der Waals surface area (Å²) in [6.45, 7) is 6.84. The topological polar surface area (TPSA) is 24.9 Å². The molecule has 8 heteroatoms. The van der Waals surface area contributed by atoms with Gasteiger partial charge in [0.25, 0.3) is 0 Å². The van der Waals surface area contributed by atoms with E-state index < -0.39 is 0 Å². The summed E-state index contributed by atoms with van der Waals surface area (Å²) < 4.78 is 12.6. The van der Waals surface area contributed by atoms with Crippen molar-refractivity contribution < 1.29 is 9.47 Å². The first-order valence-corrected chi connectivity index (χ1v) is 9.55. The maximum atomic E-state index is 5.44. The van der Waals surface area contributed by atoms with Gasteiger partial charge in [0.15, 0.2) is 0 Å². The molecule has 4 nitrogen and oxygen atoms in total. The number of hydrogen-bond acceptors (Lipinski definition) is 6. The molecule has 2 aliphatic heterocycles. The Morgan fingerprint density at radius 3 is 1.45 bits per heavy atom. The molecule has 2 saturated heterocycles. The first-order valence-electron chi connectivity index (χ1n) is 6.76. The summed E-state index contributed by atoms with van der Waals surface area (Å²) in [6, 6.07) is 0. The number of hydrogen-bond donors (Lipinski definition) is 0. The molecule has 0 saturated carbocycles. The molecule has 0 aromatic heterocycles. The van der Waals surface area contributed by atoms with Gasteiger partial charge in [-0.05, 0) is 0 Å². The van der Waals surface area contributed by atoms with Crippen molar-refractivity contribution in [2.24, 2.45) is 0 Å². The van der Waals surface area contributed by atoms with Gasteiger partial charge in [0.05, 0.1) is 26.4 Å². The molecule has 20 heavy (non-hydrogen) atoms. The second-order valence-electron chi connectivity index (χ2n) is 4.43. The Hall–Kier alpha value is 0.400. The van der Waals surface area contributed by atoms with Crippen LogP contribution in [0.1, 0.15) is 0 Å². The lowest BCUT2D eigenvalue weighted by atomic mass is 10.5. The van der Waals surface area contributed by atoms with Crippen LogP contribution in [-0.4, -0.2) is 82.6 Å². The van der Waals surface area contributed by atoms with Crippen LogP contribution in [0.15, 0.2) is 0 Å². The van der Waals surface area contributed by atoms with E-state index in [-0.39, 0.29) is 0 Å². The monoisotopic (exact) mass is 352 g/mol. The maximum Gasteiger partial charge on any atom is 0.136 e. The van der Waals surface area contributed by atoms with Crippen molar-refractivity contribution >= 4 is 56.6 Å². The summed E-state index contributed by atoms with van der Waals surface area (Å²) in [5.74, 6) is 2.01. The Morgan fingerprint density at radius 1 is 0.750 bits per heavy atom. The Kier molecular flexibility index (Phi) is 7.90. The quantitative estimate of drug-likeness (QED) is 0.559. The van der Waals surface area contributed by atoms with Crippen LogP contribution in [0.3, 0.4) is 0 Å². The van der Waals surface area contributed by atoms with Crippen molar-refractivity contribution in [3.63, 3.8) is 0 Å². The van der Waals surface area contributed by atoms with Gasteiger partial charge in [-0.15, -0.1) is 0 Å². The van der Waals surface area contributed by atoms with Crippen LogP contribution in [0, 0.1) is 0 Å². The van der Waals surface area contributed by atoms with Crippen LogP contribution in [0.25, 0.3) is 0 Å². The van der Waals surface area contributed by atoms with Crippen LogP contribution in [0.4, 0.5) is 0 Å². The van der Waals surface area contributed by atoms with E-state index in [2.05, 4.69) is 9.80 Å². The second kappa shape index (κ2) is 9.42. The third kappa shape index (κ3) is 5.65. The Balaban J connectivity index is 1.56. The van der Waals surface area contributed by atoms with Crippen molar-refractivity contribution in [3.05, 3.63) is 0 Å². The SMILES string of the molecule is S=C(SCCSC(=S)N1CCOCC1)N1CCOCC1. The highest BCUT2D eigenvalue weighted by Gasteiger charge is 2.15. The normalized spacial score (nSPS) is 20.0. The summed E-state index contributed by atoms with van der Waals surface area (Å²) in [4.78, 5) is 4.46. The van der Waals surface area contributed by atoms with E-state index in [0.717, 1.165) is 72.8 Å². The molecular formula is C12H20N2O2S4. The van der Waals surface area contributed by atoms with Gasteiger partial charge in [-0.2, -0.15) is 0 Å². The van der Waals surface area contributed by atoms with E-state index in [1.807, 2.05) is 0 Å². The van der Waals surface area contributed by atoms with E-state index in [1.165, 1.54) is 0 Å². The summed E-state index contributed by atoms with van der Waals surface area (Å²) in [7, 11) is 0. The van der Waals surface area contributed by atoms with Crippen LogP contribution in [-0.2, 0) is 9.47 Å². The minimum Gasteiger partial charge on any atom is -0.378 e. The number of ether oxygens (including phenoxy) is 2. The lowest BCUT2D eigenvalue weighted by Gasteiger charge is -2.29. The standard InChI is InChI=1S/C12H20N2O2S4/c17-11(13-1-5-15-6-2-13)19-9-10-20-12(18)14-3-7-16-8-4-14/h1-10H2. The van der Waals surface area contributed by atoms with Gasteiger partial charge in [-0.1, -0.05) is 48.0 Å². The molecule has 0 aromatic carbocycles. The lowest BCUT2D eigenvalue weighted by Crippen LogP contribution is -2.39. The first kappa shape index (κ1) is 16.8. The third-order valence-electron chi connectivity index (χ3n) is 3.07. The highest BCUT2D eigenvalue weighted by molar-refractivity contribution is 8.25. The Labute approximate surface area is 139 Å². The fraction of sp³-hybridized carbons (Fsp3) is 0.833. The summed E-state index contributed by atoms with van der Waals surface area (Å²) >= 11 is 14.4. The largest absolute Gasteiger partial charge is 0.378 e. The highest BCUT2D eigenvalue weighted by atomic mass is 32.2. The van der Waals surface area contributed by atoms with Crippen molar-refractivity contribution in [3.8, 4) is 0 Å². The molecule has 0 unspecified atom stereocenters. The zero-order valence-corrected chi connectivity index (χ0v) is 14.7. The molecule has 0 radical (unpaired) electrons. The van der Waals surface area contributed by atoms with Crippen LogP contribution in [0.5, 0.6) is 0 Å². The number of rotatable bonds is 3. The molecule has 0 N–H and O–H groups in total. The minimum atomic E-state index is 0.788. The minimum absolute atomic E-state index is 0.788. The predicted octanol–water partition coefficient (Wildman–Crippen LogP) is 1.69. The smallest absolute Gasteiger partial charge is 0.136 e. The number of morpholine rings is 2. The predicted molar refractivity (Wildman–Crippen MR) is 94.9 cm³/mol. The van der Waals surface area contributed by atoms with Crippen molar-refractivity contribution in [2.75, 3.05) is 64.1 Å². The van der Waals surface area contributed by atoms with E-state index in [4.69, 9.17) is 33.9 Å². The second-order valence-corrected chi connectivity index (χ2v) is 7.89. The van der Waals surface area contributed by atoms with Gasteiger partial charge in [0.1, 0.15) is 8.64 Å². The Morgan fingerprint density at radius 2 is 1.10 bits per heavy atom. The molecular weight excluding hydrogens is 332 g/mol. The number of thiocarbonyl (C=S) groups is 2. The molecule has 0 spiro atoms. The van der Waals surface area contributed by atoms with Crippen molar-refractivity contribution in [1.29, 1.82) is 0 Å². The average Bonchev–Trinajstić information content (AvgIpc) is 2.53. The Bertz CT molecular complexity index is 299. The molecule has 2 heterocycles. The summed E-state index contributed by atoms with van der Waals surface area (Å²) in [5, 5.41) is 0. The third-order valence-corrected chi connectivity index (χ3v) is 6.38. The molecule has 0 aromatic rings. The van der Waals surface area contributed by atoms with Gasteiger partial charge in [0.2, 0.25) is 0 Å². The molecule has 0 atom stereocenters. The van der Waals surface area contributed by atoms with E-state index in [1.54, 1.807) is 23.5 Å². The van der Waals surface area contributed by atoms with Crippen LogP contribution < -0.4 is 0 Å². The van der Waals surface area contributed by atoms with Gasteiger partial charge in [-0.3, -0.25) is 0 Å². The molecule has 0 bridgehead atoms. The van der Waals surface area contributed by atoms with Gasteiger partial charge < -0.3 is 19.3 Å². The zero-order chi connectivity index (χ0) is 14.2. The summed E-state index contributed by atoms with van der Waals surface area (Å²) in [5.41, 5.74) is 0. The number of thioether (sulfide) groups is 2. The molecule has 114 valence electrons. The lowest BCUT2D eigenvalue weighted by molar-refractivity contribution is 0.0702. The number of nitrogens with zero attached hydrogens (tertiary/aromatic N) is 2. The molecule has 2 fully saturated rings. The van der Waals surface area contributed by atoms with Gasteiger partial charge >= 0.3 is 0 Å². The molecule has 0 aliphatic carbocycles. The van der Waals surface area contributed by atoms with Crippen LogP contribution >= 0.6 is 48.0 Å².